The van der Waals surface area contributed by atoms with Crippen molar-refractivity contribution in [2.24, 2.45) is 5.11 Å². The molecule has 1 aliphatic rings. The summed E-state index contributed by atoms with van der Waals surface area (Å²) in [6, 6.07) is 5.84. The molecule has 0 unspecified atom stereocenters. The highest BCUT2D eigenvalue weighted by Gasteiger charge is 2.32. The fraction of sp³-hybridized carbons (Fsp3) is 0.333. The Labute approximate surface area is 118 Å². The first-order chi connectivity index (χ1) is 9.67. The number of anilines is 1. The van der Waals surface area contributed by atoms with Crippen LogP contribution in [0.4, 0.5) is 9.80 Å². The number of hydrogen-bond donors (Lipinski definition) is 0. The Bertz CT molecular complexity index is 722. The minimum atomic E-state index is -0.411. The van der Waals surface area contributed by atoms with E-state index >= 15 is 0 Å². The van der Waals surface area contributed by atoms with E-state index in [4.69, 9.17) is 10.3 Å². The van der Waals surface area contributed by atoms with Gasteiger partial charge in [0.25, 0.3) is 0 Å². The first-order valence-corrected chi connectivity index (χ1v) is 6.85. The Balaban J connectivity index is 1.87. The standard InChI is InChI=1S/C12H11N5O2S/c1-7-2-3-8-4-10(20-11(8)15-7)17-6-9(5-14-16-13)19-12(17)18/h2-4,9H,5-6H2,1H3/t9-/m0/s1. The molecule has 0 radical (unpaired) electrons. The summed E-state index contributed by atoms with van der Waals surface area (Å²) in [4.78, 5) is 21.4. The number of ether oxygens (including phenoxy) is 1. The molecule has 0 saturated carbocycles. The van der Waals surface area contributed by atoms with E-state index < -0.39 is 12.2 Å². The first kappa shape index (κ1) is 12.7. The number of azide groups is 1. The maximum Gasteiger partial charge on any atom is 0.415 e. The smallest absolute Gasteiger partial charge is 0.415 e. The fourth-order valence-electron chi connectivity index (χ4n) is 2.05. The van der Waals surface area contributed by atoms with Gasteiger partial charge in [-0.2, -0.15) is 0 Å². The van der Waals surface area contributed by atoms with Gasteiger partial charge < -0.3 is 4.74 Å². The number of aromatic nitrogens is 1. The molecule has 0 aliphatic carbocycles. The number of hydrogen-bond acceptors (Lipinski definition) is 5. The molecular formula is C12H11N5O2S. The lowest BCUT2D eigenvalue weighted by Gasteiger charge is -2.08. The molecule has 7 nitrogen and oxygen atoms in total. The lowest BCUT2D eigenvalue weighted by atomic mass is 10.3. The van der Waals surface area contributed by atoms with E-state index in [1.54, 1.807) is 4.90 Å². The molecule has 1 saturated heterocycles. The number of carbonyl (C=O) groups is 1. The van der Waals surface area contributed by atoms with Gasteiger partial charge >= 0.3 is 6.09 Å². The molecular weight excluding hydrogens is 278 g/mol. The van der Waals surface area contributed by atoms with Gasteiger partial charge in [-0.05, 0) is 24.6 Å². The Kier molecular flexibility index (Phi) is 3.17. The second-order valence-corrected chi connectivity index (χ2v) is 5.47. The zero-order chi connectivity index (χ0) is 14.1. The van der Waals surface area contributed by atoms with Crippen molar-refractivity contribution in [3.05, 3.63) is 34.3 Å². The summed E-state index contributed by atoms with van der Waals surface area (Å²) in [6.07, 6.45) is -0.801. The van der Waals surface area contributed by atoms with Crippen molar-refractivity contribution >= 4 is 32.6 Å². The van der Waals surface area contributed by atoms with Crippen molar-refractivity contribution in [2.75, 3.05) is 18.0 Å². The highest BCUT2D eigenvalue weighted by Crippen LogP contribution is 2.33. The number of carbonyl (C=O) groups excluding carboxylic acids is 1. The van der Waals surface area contributed by atoms with Gasteiger partial charge in [0.15, 0.2) is 0 Å². The number of cyclic esters (lactones) is 1. The third-order valence-electron chi connectivity index (χ3n) is 3.00. The van der Waals surface area contributed by atoms with Gasteiger partial charge in [-0.15, -0.1) is 0 Å². The highest BCUT2D eigenvalue weighted by molar-refractivity contribution is 7.22. The topological polar surface area (TPSA) is 91.2 Å². The molecule has 0 N–H and O–H groups in total. The Morgan fingerprint density at radius 2 is 2.50 bits per heavy atom. The van der Waals surface area contributed by atoms with E-state index in [1.807, 2.05) is 25.1 Å². The van der Waals surface area contributed by atoms with E-state index in [1.165, 1.54) is 11.3 Å². The van der Waals surface area contributed by atoms with Gasteiger partial charge in [0.2, 0.25) is 0 Å². The predicted octanol–water partition coefficient (Wildman–Crippen LogP) is 3.24. The second-order valence-electron chi connectivity index (χ2n) is 4.46. The van der Waals surface area contributed by atoms with Crippen LogP contribution in [0.2, 0.25) is 0 Å². The summed E-state index contributed by atoms with van der Waals surface area (Å²) >= 11 is 1.45. The number of thiophene rings is 1. The van der Waals surface area contributed by atoms with Crippen LogP contribution in [0.1, 0.15) is 5.69 Å². The number of fused-ring (bicyclic) bond motifs is 1. The van der Waals surface area contributed by atoms with Gasteiger partial charge in [0.1, 0.15) is 15.9 Å². The molecule has 3 heterocycles. The van der Waals surface area contributed by atoms with Crippen LogP contribution in [0.5, 0.6) is 0 Å². The highest BCUT2D eigenvalue weighted by atomic mass is 32.1. The van der Waals surface area contributed by atoms with Crippen molar-refractivity contribution in [1.82, 2.24) is 4.98 Å². The van der Waals surface area contributed by atoms with Crippen molar-refractivity contribution in [3.8, 4) is 0 Å². The van der Waals surface area contributed by atoms with Crippen LogP contribution in [0.25, 0.3) is 20.7 Å². The molecule has 102 valence electrons. The summed E-state index contributed by atoms with van der Waals surface area (Å²) in [6.45, 7) is 2.48. The van der Waals surface area contributed by atoms with Crippen LogP contribution in [-0.2, 0) is 4.74 Å². The van der Waals surface area contributed by atoms with Crippen molar-refractivity contribution < 1.29 is 9.53 Å². The summed E-state index contributed by atoms with van der Waals surface area (Å²) < 4.78 is 5.16. The number of amides is 1. The molecule has 8 heteroatoms. The van der Waals surface area contributed by atoms with Crippen LogP contribution < -0.4 is 4.90 Å². The Morgan fingerprint density at radius 3 is 3.30 bits per heavy atom. The molecule has 1 amide bonds. The fourth-order valence-corrected chi connectivity index (χ4v) is 3.13. The number of aryl methyl sites for hydroxylation is 1. The van der Waals surface area contributed by atoms with E-state index in [0.29, 0.717) is 6.54 Å². The Morgan fingerprint density at radius 1 is 1.65 bits per heavy atom. The van der Waals surface area contributed by atoms with Crippen molar-refractivity contribution in [1.29, 1.82) is 0 Å². The van der Waals surface area contributed by atoms with E-state index in [9.17, 15) is 4.79 Å². The average molecular weight is 289 g/mol. The molecule has 1 fully saturated rings. The molecule has 0 spiro atoms. The minimum absolute atomic E-state index is 0.154. The van der Waals surface area contributed by atoms with Gasteiger partial charge in [-0.25, -0.2) is 9.78 Å². The van der Waals surface area contributed by atoms with Crippen LogP contribution >= 0.6 is 11.3 Å². The molecule has 2 aromatic heterocycles. The molecule has 0 aromatic carbocycles. The monoisotopic (exact) mass is 289 g/mol. The third kappa shape index (κ3) is 2.26. The molecule has 3 rings (SSSR count). The Hall–Kier alpha value is -2.31. The number of rotatable bonds is 3. The largest absolute Gasteiger partial charge is 0.444 e. The summed E-state index contributed by atoms with van der Waals surface area (Å²) in [7, 11) is 0. The average Bonchev–Trinajstić information content (AvgIpc) is 2.99. The predicted molar refractivity (Wildman–Crippen MR) is 76.0 cm³/mol. The lowest BCUT2D eigenvalue weighted by Crippen LogP contribution is -2.24. The van der Waals surface area contributed by atoms with Gasteiger partial charge in [0.05, 0.1) is 13.1 Å². The van der Waals surface area contributed by atoms with Gasteiger partial charge in [0, 0.05) is 16.0 Å². The maximum absolute atomic E-state index is 11.8. The van der Waals surface area contributed by atoms with Gasteiger partial charge in [-0.3, -0.25) is 4.90 Å². The molecule has 1 aliphatic heterocycles. The first-order valence-electron chi connectivity index (χ1n) is 6.03. The second kappa shape index (κ2) is 4.99. The summed E-state index contributed by atoms with van der Waals surface area (Å²) in [5.41, 5.74) is 9.24. The van der Waals surface area contributed by atoms with E-state index in [0.717, 1.165) is 20.9 Å². The number of pyridine rings is 1. The lowest BCUT2D eigenvalue weighted by molar-refractivity contribution is 0.145. The quantitative estimate of drug-likeness (QED) is 0.493. The van der Waals surface area contributed by atoms with Gasteiger partial charge in [-0.1, -0.05) is 22.5 Å². The maximum atomic E-state index is 11.8. The SMILES string of the molecule is Cc1ccc2cc(N3C[C@H](CN=[N+]=[N-])OC3=O)sc2n1. The summed E-state index contributed by atoms with van der Waals surface area (Å²) in [5.74, 6) is 0. The van der Waals surface area contributed by atoms with Crippen LogP contribution in [-0.4, -0.2) is 30.3 Å². The zero-order valence-corrected chi connectivity index (χ0v) is 11.5. The third-order valence-corrected chi connectivity index (χ3v) is 4.07. The summed E-state index contributed by atoms with van der Waals surface area (Å²) in [5, 5.41) is 5.24. The van der Waals surface area contributed by atoms with Crippen LogP contribution in [0.15, 0.2) is 23.3 Å². The van der Waals surface area contributed by atoms with Crippen LogP contribution in [0, 0.1) is 6.92 Å². The van der Waals surface area contributed by atoms with Crippen LogP contribution in [0.3, 0.4) is 0 Å². The number of nitrogens with zero attached hydrogens (tertiary/aromatic N) is 5. The zero-order valence-electron chi connectivity index (χ0n) is 10.7. The van der Waals surface area contributed by atoms with Crippen molar-refractivity contribution in [2.45, 2.75) is 13.0 Å². The molecule has 1 atom stereocenters. The molecule has 2 aromatic rings. The molecule has 0 bridgehead atoms. The minimum Gasteiger partial charge on any atom is -0.444 e. The normalized spacial score (nSPS) is 18.1. The molecule has 20 heavy (non-hydrogen) atoms. The van der Waals surface area contributed by atoms with E-state index in [2.05, 4.69) is 15.0 Å². The van der Waals surface area contributed by atoms with Crippen molar-refractivity contribution in [3.63, 3.8) is 0 Å². The van der Waals surface area contributed by atoms with E-state index in [-0.39, 0.29) is 6.54 Å².